The van der Waals surface area contributed by atoms with E-state index < -0.39 is 0 Å². The van der Waals surface area contributed by atoms with Crippen LogP contribution in [0.2, 0.25) is 5.02 Å². The van der Waals surface area contributed by atoms with Gasteiger partial charge in [0.05, 0.1) is 17.2 Å². The largest absolute Gasteiger partial charge is 0.306 e. The number of nitrogens with one attached hydrogen (secondary N) is 1. The lowest BCUT2D eigenvalue weighted by molar-refractivity contribution is -0.116. The van der Waals surface area contributed by atoms with Crippen LogP contribution in [0.5, 0.6) is 0 Å². The van der Waals surface area contributed by atoms with Gasteiger partial charge >= 0.3 is 0 Å². The van der Waals surface area contributed by atoms with Gasteiger partial charge in [0.15, 0.2) is 5.82 Å². The summed E-state index contributed by atoms with van der Waals surface area (Å²) < 4.78 is 17.4. The number of rotatable bonds is 5. The summed E-state index contributed by atoms with van der Waals surface area (Å²) in [5.74, 6) is -0.410. The van der Waals surface area contributed by atoms with Crippen molar-refractivity contribution in [2.24, 2.45) is 0 Å². The Hall–Kier alpha value is -2.19. The molecule has 0 fully saturated rings. The second kappa shape index (κ2) is 7.14. The smallest absolute Gasteiger partial charge is 0.247 e. The zero-order valence-corrected chi connectivity index (χ0v) is 14.6. The average molecular weight is 413 g/mol. The molecular weight excluding hydrogens is 401 g/mol. The van der Waals surface area contributed by atoms with Crippen molar-refractivity contribution >= 4 is 39.3 Å². The molecule has 0 aliphatic carbocycles. The number of hydrogen-bond acceptors (Lipinski definition) is 3. The van der Waals surface area contributed by atoms with Gasteiger partial charge in [-0.1, -0.05) is 29.8 Å². The summed E-state index contributed by atoms with van der Waals surface area (Å²) in [6, 6.07) is 6.41. The Morgan fingerprint density at radius 3 is 2.79 bits per heavy atom. The first kappa shape index (κ1) is 16.7. The van der Waals surface area contributed by atoms with Gasteiger partial charge in [-0.2, -0.15) is 10.2 Å². The molecule has 9 heteroatoms. The van der Waals surface area contributed by atoms with E-state index in [4.69, 9.17) is 11.6 Å². The van der Waals surface area contributed by atoms with Crippen LogP contribution in [0.4, 0.5) is 10.2 Å². The topological polar surface area (TPSA) is 64.7 Å². The van der Waals surface area contributed by atoms with Crippen molar-refractivity contribution in [2.75, 3.05) is 5.32 Å². The molecule has 24 heavy (non-hydrogen) atoms. The van der Waals surface area contributed by atoms with Crippen molar-refractivity contribution in [3.8, 4) is 0 Å². The summed E-state index contributed by atoms with van der Waals surface area (Å²) in [6.07, 6.45) is 4.80. The van der Waals surface area contributed by atoms with Gasteiger partial charge in [-0.05, 0) is 22.0 Å². The number of carbonyl (C=O) groups is 1. The van der Waals surface area contributed by atoms with E-state index in [0.29, 0.717) is 5.56 Å². The Bertz CT molecular complexity index is 878. The Labute approximate surface area is 150 Å². The van der Waals surface area contributed by atoms with Crippen LogP contribution in [0.3, 0.4) is 0 Å². The van der Waals surface area contributed by atoms with Crippen LogP contribution in [0, 0.1) is 5.82 Å². The maximum atomic E-state index is 13.7. The maximum Gasteiger partial charge on any atom is 0.247 e. The van der Waals surface area contributed by atoms with E-state index >= 15 is 0 Å². The number of halogens is 3. The number of nitrogens with zero attached hydrogens (tertiary/aromatic N) is 4. The van der Waals surface area contributed by atoms with Crippen molar-refractivity contribution in [1.82, 2.24) is 19.6 Å². The lowest BCUT2D eigenvalue weighted by Gasteiger charge is -2.04. The molecule has 1 amide bonds. The summed E-state index contributed by atoms with van der Waals surface area (Å²) in [4.78, 5) is 12.0. The molecule has 3 aromatic rings. The third kappa shape index (κ3) is 4.01. The van der Waals surface area contributed by atoms with Gasteiger partial charge in [0, 0.05) is 18.0 Å². The second-order valence-corrected chi connectivity index (χ2v) is 6.34. The van der Waals surface area contributed by atoms with Gasteiger partial charge in [-0.15, -0.1) is 0 Å². The molecule has 0 saturated heterocycles. The molecule has 1 aromatic carbocycles. The molecule has 2 heterocycles. The van der Waals surface area contributed by atoms with Crippen LogP contribution in [-0.4, -0.2) is 25.5 Å². The second-order valence-electron chi connectivity index (χ2n) is 5.02. The fourth-order valence-electron chi connectivity index (χ4n) is 2.11. The summed E-state index contributed by atoms with van der Waals surface area (Å²) in [5.41, 5.74) is 0.482. The summed E-state index contributed by atoms with van der Waals surface area (Å²) in [7, 11) is 0. The molecule has 0 atom stereocenters. The van der Waals surface area contributed by atoms with E-state index in [2.05, 4.69) is 31.4 Å². The first-order valence-corrected chi connectivity index (χ1v) is 8.12. The molecule has 0 aliphatic rings. The highest BCUT2D eigenvalue weighted by atomic mass is 79.9. The predicted octanol–water partition coefficient (Wildman–Crippen LogP) is 3.32. The van der Waals surface area contributed by atoms with E-state index in [-0.39, 0.29) is 35.7 Å². The minimum Gasteiger partial charge on any atom is -0.306 e. The number of amides is 1. The van der Waals surface area contributed by atoms with Crippen LogP contribution in [-0.2, 0) is 17.9 Å². The molecule has 1 N–H and O–H groups in total. The first-order chi connectivity index (χ1) is 11.5. The van der Waals surface area contributed by atoms with Crippen LogP contribution >= 0.6 is 27.5 Å². The van der Waals surface area contributed by atoms with Gasteiger partial charge in [0.2, 0.25) is 5.91 Å². The molecule has 6 nitrogen and oxygen atoms in total. The van der Waals surface area contributed by atoms with Crippen molar-refractivity contribution < 1.29 is 9.18 Å². The van der Waals surface area contributed by atoms with Crippen LogP contribution in [0.25, 0.3) is 0 Å². The van der Waals surface area contributed by atoms with E-state index in [1.807, 2.05) is 0 Å². The van der Waals surface area contributed by atoms with Crippen molar-refractivity contribution in [2.45, 2.75) is 13.1 Å². The van der Waals surface area contributed by atoms with Gasteiger partial charge in [-0.3, -0.25) is 14.2 Å². The molecule has 0 bridgehead atoms. The van der Waals surface area contributed by atoms with E-state index in [1.165, 1.54) is 21.6 Å². The summed E-state index contributed by atoms with van der Waals surface area (Å²) in [6.45, 7) is 0.246. The molecule has 2 aromatic heterocycles. The zero-order valence-electron chi connectivity index (χ0n) is 12.3. The van der Waals surface area contributed by atoms with Gasteiger partial charge in [0.25, 0.3) is 0 Å². The van der Waals surface area contributed by atoms with E-state index in [9.17, 15) is 9.18 Å². The summed E-state index contributed by atoms with van der Waals surface area (Å²) in [5, 5.41) is 11.1. The molecule has 0 saturated carbocycles. The zero-order chi connectivity index (χ0) is 17.1. The van der Waals surface area contributed by atoms with Crippen molar-refractivity contribution in [3.05, 3.63) is 63.7 Å². The third-order valence-electron chi connectivity index (χ3n) is 3.17. The monoisotopic (exact) mass is 411 g/mol. The summed E-state index contributed by atoms with van der Waals surface area (Å²) >= 11 is 9.34. The number of benzene rings is 1. The van der Waals surface area contributed by atoms with Crippen LogP contribution in [0.1, 0.15) is 5.56 Å². The molecule has 124 valence electrons. The van der Waals surface area contributed by atoms with Gasteiger partial charge < -0.3 is 5.32 Å². The molecule has 0 radical (unpaired) electrons. The van der Waals surface area contributed by atoms with Gasteiger partial charge in [0.1, 0.15) is 17.4 Å². The van der Waals surface area contributed by atoms with Gasteiger partial charge in [-0.25, -0.2) is 4.39 Å². The Morgan fingerprint density at radius 2 is 2.08 bits per heavy atom. The van der Waals surface area contributed by atoms with Crippen LogP contribution in [0.15, 0.2) is 47.3 Å². The number of hydrogen-bond donors (Lipinski definition) is 1. The highest BCUT2D eigenvalue weighted by Crippen LogP contribution is 2.20. The standard InChI is InChI=1S/C15H12BrClFN5O/c16-11-5-19-22(7-11)9-14(24)20-15-12(17)8-23(21-15)6-10-3-1-2-4-13(10)18/h1-5,7-8H,6,9H2,(H,20,21,24). The molecular formula is C15H12BrClFN5O. The minimum atomic E-state index is -0.320. The SMILES string of the molecule is O=C(Cn1cc(Br)cn1)Nc1nn(Cc2ccccc2F)cc1Cl. The normalized spacial score (nSPS) is 10.8. The first-order valence-electron chi connectivity index (χ1n) is 6.95. The van der Waals surface area contributed by atoms with Crippen molar-refractivity contribution in [3.63, 3.8) is 0 Å². The third-order valence-corrected chi connectivity index (χ3v) is 3.86. The molecule has 0 aliphatic heterocycles. The Kier molecular flexibility index (Phi) is 4.96. The number of anilines is 1. The number of aromatic nitrogens is 4. The fourth-order valence-corrected chi connectivity index (χ4v) is 2.63. The quantitative estimate of drug-likeness (QED) is 0.699. The Morgan fingerprint density at radius 1 is 1.29 bits per heavy atom. The maximum absolute atomic E-state index is 13.7. The van der Waals surface area contributed by atoms with E-state index in [0.717, 1.165) is 4.47 Å². The fraction of sp³-hybridized carbons (Fsp3) is 0.133. The molecule has 0 spiro atoms. The number of carbonyl (C=O) groups excluding carboxylic acids is 1. The molecule has 0 unspecified atom stereocenters. The highest BCUT2D eigenvalue weighted by molar-refractivity contribution is 9.10. The van der Waals surface area contributed by atoms with E-state index in [1.54, 1.807) is 30.6 Å². The van der Waals surface area contributed by atoms with Crippen LogP contribution < -0.4 is 5.32 Å². The lowest BCUT2D eigenvalue weighted by atomic mass is 10.2. The minimum absolute atomic E-state index is 0.0299. The lowest BCUT2D eigenvalue weighted by Crippen LogP contribution is -2.19. The average Bonchev–Trinajstić information content (AvgIpc) is 3.08. The predicted molar refractivity (Wildman–Crippen MR) is 91.3 cm³/mol. The van der Waals surface area contributed by atoms with Crippen molar-refractivity contribution in [1.29, 1.82) is 0 Å². The highest BCUT2D eigenvalue weighted by Gasteiger charge is 2.12. The molecule has 3 rings (SSSR count). The Balaban J connectivity index is 1.67.